The average Bonchev–Trinajstić information content (AvgIpc) is 3.02. The van der Waals surface area contributed by atoms with E-state index in [4.69, 9.17) is 16.3 Å². The topological polar surface area (TPSA) is 61.5 Å². The van der Waals surface area contributed by atoms with Crippen molar-refractivity contribution in [2.75, 3.05) is 44.3 Å². The van der Waals surface area contributed by atoms with Crippen LogP contribution in [0.15, 0.2) is 18.3 Å². The summed E-state index contributed by atoms with van der Waals surface area (Å²) in [6.45, 7) is 6.22. The predicted octanol–water partition coefficient (Wildman–Crippen LogP) is 3.07. The van der Waals surface area contributed by atoms with Gasteiger partial charge < -0.3 is 14.5 Å². The van der Waals surface area contributed by atoms with Gasteiger partial charge in [-0.1, -0.05) is 11.6 Å². The maximum absolute atomic E-state index is 11.7. The van der Waals surface area contributed by atoms with Crippen molar-refractivity contribution in [3.8, 4) is 0 Å². The lowest BCUT2D eigenvalue weighted by atomic mass is 10.1. The Morgan fingerprint density at radius 3 is 2.80 bits per heavy atom. The van der Waals surface area contributed by atoms with Gasteiger partial charge in [0.25, 0.3) is 0 Å². The maximum atomic E-state index is 11.7. The molecule has 7 heteroatoms. The van der Waals surface area contributed by atoms with Crippen molar-refractivity contribution >= 4 is 34.1 Å². The number of anilines is 1. The summed E-state index contributed by atoms with van der Waals surface area (Å²) in [7, 11) is 0. The van der Waals surface area contributed by atoms with Gasteiger partial charge in [-0.15, -0.1) is 0 Å². The van der Waals surface area contributed by atoms with Gasteiger partial charge in [-0.25, -0.2) is 0 Å². The third-order valence-electron chi connectivity index (χ3n) is 4.62. The van der Waals surface area contributed by atoms with E-state index in [1.54, 1.807) is 6.92 Å². The van der Waals surface area contributed by atoms with Crippen LogP contribution in [0, 0.1) is 0 Å². The number of benzene rings is 1. The van der Waals surface area contributed by atoms with Gasteiger partial charge in [-0.2, -0.15) is 5.10 Å². The fraction of sp³-hybridized carbons (Fsp3) is 0.556. The second-order valence-electron chi connectivity index (χ2n) is 6.42. The van der Waals surface area contributed by atoms with E-state index >= 15 is 0 Å². The minimum atomic E-state index is 0.118. The van der Waals surface area contributed by atoms with Crippen molar-refractivity contribution in [3.63, 3.8) is 0 Å². The number of hydrogen-bond acceptors (Lipinski definition) is 4. The molecule has 1 fully saturated rings. The van der Waals surface area contributed by atoms with Gasteiger partial charge in [0.05, 0.1) is 18.3 Å². The summed E-state index contributed by atoms with van der Waals surface area (Å²) < 4.78 is 5.70. The van der Waals surface area contributed by atoms with E-state index in [1.165, 1.54) is 0 Å². The minimum Gasteiger partial charge on any atom is -0.380 e. The average molecular weight is 365 g/mol. The highest BCUT2D eigenvalue weighted by Gasteiger charge is 2.15. The molecule has 2 aromatic rings. The van der Waals surface area contributed by atoms with E-state index < -0.39 is 0 Å². The number of aromatic nitrogens is 2. The Hall–Kier alpha value is -1.79. The van der Waals surface area contributed by atoms with Crippen molar-refractivity contribution in [2.24, 2.45) is 0 Å². The number of carbonyl (C=O) groups excluding carboxylic acids is 1. The van der Waals surface area contributed by atoms with Crippen molar-refractivity contribution in [1.82, 2.24) is 15.1 Å². The molecular weight excluding hydrogens is 340 g/mol. The Morgan fingerprint density at radius 2 is 1.96 bits per heavy atom. The first-order chi connectivity index (χ1) is 12.1. The summed E-state index contributed by atoms with van der Waals surface area (Å²) in [5.41, 5.74) is 2.06. The first-order valence-electron chi connectivity index (χ1n) is 8.86. The number of rotatable bonds is 1. The number of ether oxygens (including phenoxy) is 1. The third-order valence-corrected chi connectivity index (χ3v) is 4.83. The van der Waals surface area contributed by atoms with Crippen LogP contribution in [0.5, 0.6) is 0 Å². The van der Waals surface area contributed by atoms with Gasteiger partial charge >= 0.3 is 0 Å². The van der Waals surface area contributed by atoms with Gasteiger partial charge in [-0.05, 0) is 31.4 Å². The number of nitrogens with zero attached hydrogens (tertiary/aromatic N) is 3. The highest BCUT2D eigenvalue weighted by Crippen LogP contribution is 2.30. The van der Waals surface area contributed by atoms with Crippen LogP contribution < -0.4 is 4.90 Å². The zero-order valence-corrected chi connectivity index (χ0v) is 15.4. The van der Waals surface area contributed by atoms with Crippen LogP contribution in [0.25, 0.3) is 10.9 Å². The van der Waals surface area contributed by atoms with Gasteiger partial charge in [0.1, 0.15) is 0 Å². The molecule has 0 unspecified atom stereocenters. The van der Waals surface area contributed by atoms with Crippen LogP contribution in [-0.4, -0.2) is 60.4 Å². The fourth-order valence-corrected chi connectivity index (χ4v) is 3.49. The van der Waals surface area contributed by atoms with Gasteiger partial charge in [-0.3, -0.25) is 9.89 Å². The zero-order chi connectivity index (χ0) is 17.6. The van der Waals surface area contributed by atoms with Crippen LogP contribution in [0.2, 0.25) is 5.02 Å². The molecule has 3 rings (SSSR count). The number of hydrogen-bond donors (Lipinski definition) is 1. The summed E-state index contributed by atoms with van der Waals surface area (Å²) in [5.74, 6) is 0.118. The molecule has 1 saturated heterocycles. The van der Waals surface area contributed by atoms with E-state index in [9.17, 15) is 4.79 Å². The lowest BCUT2D eigenvalue weighted by Crippen LogP contribution is -2.35. The number of nitrogens with one attached hydrogen (secondary N) is 1. The molecule has 1 aliphatic rings. The molecule has 1 amide bonds. The normalized spacial score (nSPS) is 18.0. The molecule has 1 aromatic heterocycles. The third kappa shape index (κ3) is 4.64. The van der Waals surface area contributed by atoms with E-state index in [2.05, 4.69) is 15.1 Å². The molecule has 0 radical (unpaired) electrons. The largest absolute Gasteiger partial charge is 0.380 e. The molecule has 0 atom stereocenters. The van der Waals surface area contributed by atoms with Crippen LogP contribution in [-0.2, 0) is 9.53 Å². The molecule has 136 valence electrons. The molecule has 6 nitrogen and oxygen atoms in total. The van der Waals surface area contributed by atoms with Crippen molar-refractivity contribution in [2.45, 2.75) is 26.2 Å². The molecule has 1 aliphatic heterocycles. The van der Waals surface area contributed by atoms with Crippen LogP contribution in [0.4, 0.5) is 5.69 Å². The molecule has 2 heterocycles. The first kappa shape index (κ1) is 18.0. The van der Waals surface area contributed by atoms with Crippen LogP contribution in [0.1, 0.15) is 26.2 Å². The highest BCUT2D eigenvalue weighted by molar-refractivity contribution is 6.31. The summed E-state index contributed by atoms with van der Waals surface area (Å²) in [5, 5.41) is 8.94. The summed E-state index contributed by atoms with van der Waals surface area (Å²) in [6, 6.07) is 3.91. The van der Waals surface area contributed by atoms with E-state index in [1.807, 2.05) is 23.2 Å². The number of H-pyrrole nitrogens is 1. The molecule has 1 N–H and O–H groups in total. The quantitative estimate of drug-likeness (QED) is 0.844. The fourth-order valence-electron chi connectivity index (χ4n) is 3.28. The monoisotopic (exact) mass is 364 g/mol. The smallest absolute Gasteiger partial charge is 0.219 e. The molecule has 1 aromatic carbocycles. The Bertz CT molecular complexity index is 718. The van der Waals surface area contributed by atoms with Crippen molar-refractivity contribution in [3.05, 3.63) is 23.4 Å². The Morgan fingerprint density at radius 1 is 1.16 bits per heavy atom. The SMILES string of the molecule is CC(=O)N1CCCCN(c2cc(Cl)cc3[nH]ncc23)CCCOCC1. The Balaban J connectivity index is 1.75. The lowest BCUT2D eigenvalue weighted by molar-refractivity contribution is -0.129. The second kappa shape index (κ2) is 8.54. The van der Waals surface area contributed by atoms with Crippen LogP contribution in [0.3, 0.4) is 0 Å². The van der Waals surface area contributed by atoms with Crippen molar-refractivity contribution in [1.29, 1.82) is 0 Å². The highest BCUT2D eigenvalue weighted by atomic mass is 35.5. The van der Waals surface area contributed by atoms with Gasteiger partial charge in [0.2, 0.25) is 5.91 Å². The van der Waals surface area contributed by atoms with Gasteiger partial charge in [0, 0.05) is 55.8 Å². The number of halogens is 1. The Kier molecular flexibility index (Phi) is 6.15. The van der Waals surface area contributed by atoms with E-state index in [-0.39, 0.29) is 5.91 Å². The predicted molar refractivity (Wildman–Crippen MR) is 100 cm³/mol. The van der Waals surface area contributed by atoms with Crippen molar-refractivity contribution < 1.29 is 9.53 Å². The first-order valence-corrected chi connectivity index (χ1v) is 9.24. The molecule has 25 heavy (non-hydrogen) atoms. The molecule has 0 bridgehead atoms. The molecule has 0 aliphatic carbocycles. The number of carbonyl (C=O) groups is 1. The summed E-state index contributed by atoms with van der Waals surface area (Å²) in [6.07, 6.45) is 4.79. The van der Waals surface area contributed by atoms with Crippen LogP contribution >= 0.6 is 11.6 Å². The maximum Gasteiger partial charge on any atom is 0.219 e. The number of aromatic amines is 1. The van der Waals surface area contributed by atoms with Gasteiger partial charge in [0.15, 0.2) is 0 Å². The summed E-state index contributed by atoms with van der Waals surface area (Å²) >= 11 is 6.29. The summed E-state index contributed by atoms with van der Waals surface area (Å²) in [4.78, 5) is 15.9. The van der Waals surface area contributed by atoms with E-state index in [0.29, 0.717) is 24.8 Å². The second-order valence-corrected chi connectivity index (χ2v) is 6.86. The lowest BCUT2D eigenvalue weighted by Gasteiger charge is -2.28. The number of fused-ring (bicyclic) bond motifs is 1. The molecular formula is C18H25ClN4O2. The molecule has 0 spiro atoms. The number of amides is 1. The standard InChI is InChI=1S/C18H25ClN4O2/c1-14(24)22-5-2-3-6-23(7-4-9-25-10-8-22)18-12-15(19)11-17-16(18)13-20-21-17/h11-13H,2-10H2,1H3,(H,20,21). The molecule has 0 saturated carbocycles. The Labute approximate surface area is 153 Å². The zero-order valence-electron chi connectivity index (χ0n) is 14.6. The minimum absolute atomic E-state index is 0.118. The van der Waals surface area contributed by atoms with E-state index in [0.717, 1.165) is 55.5 Å².